The van der Waals surface area contributed by atoms with Gasteiger partial charge in [0.05, 0.1) is 0 Å². The van der Waals surface area contributed by atoms with Crippen LogP contribution < -0.4 is 5.56 Å². The van der Waals surface area contributed by atoms with E-state index in [4.69, 9.17) is 0 Å². The SMILES string of the molecule is Cc1ccc(-c2c(C)cn(C3CC3)c(=O)c2C#N)cc1. The minimum Gasteiger partial charge on any atom is -0.311 e. The lowest BCUT2D eigenvalue weighted by atomic mass is 9.97. The van der Waals surface area contributed by atoms with Crippen molar-refractivity contribution < 1.29 is 0 Å². The Balaban J connectivity index is 2.25. The Morgan fingerprint density at radius 2 is 1.85 bits per heavy atom. The number of rotatable bonds is 2. The van der Waals surface area contributed by atoms with E-state index in [1.165, 1.54) is 0 Å². The van der Waals surface area contributed by atoms with Crippen LogP contribution in [-0.2, 0) is 0 Å². The predicted molar refractivity (Wildman–Crippen MR) is 78.6 cm³/mol. The Morgan fingerprint density at radius 3 is 2.40 bits per heavy atom. The standard InChI is InChI=1S/C17H16N2O/c1-11-3-5-13(6-4-11)16-12(2)10-19(14-7-8-14)17(20)15(16)9-18/h3-6,10,14H,7-8H2,1-2H3. The number of pyridine rings is 1. The molecule has 3 heteroatoms. The molecule has 1 fully saturated rings. The van der Waals surface area contributed by atoms with E-state index in [1.54, 1.807) is 4.57 Å². The first-order valence-corrected chi connectivity index (χ1v) is 6.84. The van der Waals surface area contributed by atoms with Gasteiger partial charge < -0.3 is 4.57 Å². The van der Waals surface area contributed by atoms with E-state index in [0.29, 0.717) is 6.04 Å². The molecule has 1 heterocycles. The van der Waals surface area contributed by atoms with E-state index >= 15 is 0 Å². The molecular formula is C17H16N2O. The van der Waals surface area contributed by atoms with Crippen LogP contribution in [0.1, 0.15) is 35.6 Å². The molecule has 1 aliphatic carbocycles. The third-order valence-electron chi connectivity index (χ3n) is 3.82. The highest BCUT2D eigenvalue weighted by atomic mass is 16.1. The first-order valence-electron chi connectivity index (χ1n) is 6.84. The average Bonchev–Trinajstić information content (AvgIpc) is 3.26. The van der Waals surface area contributed by atoms with Gasteiger partial charge in [0.2, 0.25) is 0 Å². The van der Waals surface area contributed by atoms with E-state index in [-0.39, 0.29) is 11.1 Å². The first kappa shape index (κ1) is 12.7. The summed E-state index contributed by atoms with van der Waals surface area (Å²) >= 11 is 0. The second-order valence-corrected chi connectivity index (χ2v) is 5.48. The molecule has 0 bridgehead atoms. The molecule has 0 unspecified atom stereocenters. The summed E-state index contributed by atoms with van der Waals surface area (Å²) in [5.74, 6) is 0. The molecule has 0 saturated heterocycles. The normalized spacial score (nSPS) is 14.1. The highest BCUT2D eigenvalue weighted by Gasteiger charge is 2.27. The summed E-state index contributed by atoms with van der Waals surface area (Å²) in [6, 6.07) is 10.3. The fourth-order valence-electron chi connectivity index (χ4n) is 2.58. The van der Waals surface area contributed by atoms with Crippen molar-refractivity contribution in [2.24, 2.45) is 0 Å². The Morgan fingerprint density at radius 1 is 1.20 bits per heavy atom. The Bertz CT molecular complexity index is 759. The Labute approximate surface area is 118 Å². The largest absolute Gasteiger partial charge is 0.311 e. The number of aromatic nitrogens is 1. The van der Waals surface area contributed by atoms with Gasteiger partial charge in [0.25, 0.3) is 5.56 Å². The minimum absolute atomic E-state index is 0.156. The van der Waals surface area contributed by atoms with Gasteiger partial charge in [-0.05, 0) is 37.8 Å². The fourth-order valence-corrected chi connectivity index (χ4v) is 2.58. The van der Waals surface area contributed by atoms with Crippen LogP contribution in [0.15, 0.2) is 35.3 Å². The summed E-state index contributed by atoms with van der Waals surface area (Å²) in [7, 11) is 0. The zero-order valence-corrected chi connectivity index (χ0v) is 11.7. The van der Waals surface area contributed by atoms with Crippen molar-refractivity contribution in [1.82, 2.24) is 4.57 Å². The van der Waals surface area contributed by atoms with E-state index < -0.39 is 0 Å². The number of aryl methyl sites for hydroxylation is 2. The summed E-state index contributed by atoms with van der Waals surface area (Å²) in [6.45, 7) is 3.99. The molecule has 0 amide bonds. The topological polar surface area (TPSA) is 45.8 Å². The molecule has 3 nitrogen and oxygen atoms in total. The van der Waals surface area contributed by atoms with Gasteiger partial charge in [-0.25, -0.2) is 0 Å². The number of hydrogen-bond acceptors (Lipinski definition) is 2. The zero-order valence-electron chi connectivity index (χ0n) is 11.7. The molecule has 0 atom stereocenters. The number of nitrogens with zero attached hydrogens (tertiary/aromatic N) is 2. The van der Waals surface area contributed by atoms with Gasteiger partial charge in [-0.3, -0.25) is 4.79 Å². The van der Waals surface area contributed by atoms with Crippen LogP contribution >= 0.6 is 0 Å². The van der Waals surface area contributed by atoms with Crippen LogP contribution in [-0.4, -0.2) is 4.57 Å². The molecule has 3 rings (SSSR count). The molecule has 20 heavy (non-hydrogen) atoms. The maximum atomic E-state index is 12.4. The third kappa shape index (κ3) is 2.04. The molecule has 0 aliphatic heterocycles. The van der Waals surface area contributed by atoms with Gasteiger partial charge in [0, 0.05) is 17.8 Å². The average molecular weight is 264 g/mol. The van der Waals surface area contributed by atoms with E-state index in [1.807, 2.05) is 44.3 Å². The van der Waals surface area contributed by atoms with Crippen molar-refractivity contribution in [3.8, 4) is 17.2 Å². The highest BCUT2D eigenvalue weighted by molar-refractivity contribution is 5.73. The monoisotopic (exact) mass is 264 g/mol. The zero-order chi connectivity index (χ0) is 14.3. The maximum Gasteiger partial charge on any atom is 0.269 e. The smallest absolute Gasteiger partial charge is 0.269 e. The lowest BCUT2D eigenvalue weighted by molar-refractivity contribution is 0.701. The number of nitriles is 1. The molecule has 1 aromatic heterocycles. The van der Waals surface area contributed by atoms with E-state index in [9.17, 15) is 10.1 Å². The molecule has 100 valence electrons. The summed E-state index contributed by atoms with van der Waals surface area (Å²) in [4.78, 5) is 12.4. The predicted octanol–water partition coefficient (Wildman–Crippen LogP) is 3.34. The van der Waals surface area contributed by atoms with Gasteiger partial charge in [-0.15, -0.1) is 0 Å². The Kier molecular flexibility index (Phi) is 2.94. The van der Waals surface area contributed by atoms with Gasteiger partial charge >= 0.3 is 0 Å². The lowest BCUT2D eigenvalue weighted by Crippen LogP contribution is -2.23. The minimum atomic E-state index is -0.156. The maximum absolute atomic E-state index is 12.4. The van der Waals surface area contributed by atoms with Gasteiger partial charge in [-0.1, -0.05) is 29.8 Å². The van der Waals surface area contributed by atoms with Crippen LogP contribution in [0.3, 0.4) is 0 Å². The summed E-state index contributed by atoms with van der Waals surface area (Å²) in [5.41, 5.74) is 3.96. The summed E-state index contributed by atoms with van der Waals surface area (Å²) < 4.78 is 1.73. The molecule has 1 saturated carbocycles. The van der Waals surface area contributed by atoms with Crippen LogP contribution in [0.4, 0.5) is 0 Å². The molecule has 0 radical (unpaired) electrons. The van der Waals surface area contributed by atoms with E-state index in [0.717, 1.165) is 35.1 Å². The van der Waals surface area contributed by atoms with Gasteiger partial charge in [0.1, 0.15) is 11.6 Å². The van der Waals surface area contributed by atoms with Crippen molar-refractivity contribution in [3.63, 3.8) is 0 Å². The summed E-state index contributed by atoms with van der Waals surface area (Å²) in [6.07, 6.45) is 3.97. The van der Waals surface area contributed by atoms with Crippen molar-refractivity contribution in [2.75, 3.05) is 0 Å². The van der Waals surface area contributed by atoms with Crippen LogP contribution in [0.25, 0.3) is 11.1 Å². The third-order valence-corrected chi connectivity index (χ3v) is 3.82. The van der Waals surface area contributed by atoms with Crippen molar-refractivity contribution in [2.45, 2.75) is 32.7 Å². The van der Waals surface area contributed by atoms with Crippen molar-refractivity contribution >= 4 is 0 Å². The molecule has 2 aromatic rings. The highest BCUT2D eigenvalue weighted by Crippen LogP contribution is 2.35. The Hall–Kier alpha value is -2.34. The van der Waals surface area contributed by atoms with Crippen LogP contribution in [0.5, 0.6) is 0 Å². The molecule has 1 aromatic carbocycles. The van der Waals surface area contributed by atoms with Crippen molar-refractivity contribution in [3.05, 3.63) is 57.5 Å². The second-order valence-electron chi connectivity index (χ2n) is 5.48. The van der Waals surface area contributed by atoms with Gasteiger partial charge in [-0.2, -0.15) is 5.26 Å². The van der Waals surface area contributed by atoms with E-state index in [2.05, 4.69) is 6.07 Å². The van der Waals surface area contributed by atoms with Gasteiger partial charge in [0.15, 0.2) is 0 Å². The first-order chi connectivity index (χ1) is 9.61. The quantitative estimate of drug-likeness (QED) is 0.835. The molecule has 0 N–H and O–H groups in total. The van der Waals surface area contributed by atoms with Crippen molar-refractivity contribution in [1.29, 1.82) is 5.26 Å². The number of hydrogen-bond donors (Lipinski definition) is 0. The van der Waals surface area contributed by atoms with Crippen LogP contribution in [0.2, 0.25) is 0 Å². The summed E-state index contributed by atoms with van der Waals surface area (Å²) in [5, 5.41) is 9.40. The molecule has 1 aliphatic rings. The fraction of sp³-hybridized carbons (Fsp3) is 0.294. The number of benzene rings is 1. The molecular weight excluding hydrogens is 248 g/mol. The van der Waals surface area contributed by atoms with Crippen LogP contribution in [0, 0.1) is 25.2 Å². The second kappa shape index (κ2) is 4.64. The lowest BCUT2D eigenvalue weighted by Gasteiger charge is -2.12. The molecule has 0 spiro atoms.